The van der Waals surface area contributed by atoms with Gasteiger partial charge in [-0.15, -0.1) is 0 Å². The Hall–Kier alpha value is -2.08. The molecule has 0 bridgehead atoms. The van der Waals surface area contributed by atoms with Gasteiger partial charge in [0.25, 0.3) is 0 Å². The van der Waals surface area contributed by atoms with Gasteiger partial charge in [-0.3, -0.25) is 0 Å². The monoisotopic (exact) mass is 290 g/mol. The summed E-state index contributed by atoms with van der Waals surface area (Å²) in [7, 11) is 0. The number of aliphatic carboxylic acids is 1. The van der Waals surface area contributed by atoms with Crippen LogP contribution in [0.15, 0.2) is 24.3 Å². The number of aliphatic hydroxyl groups is 1. The van der Waals surface area contributed by atoms with Crippen molar-refractivity contribution >= 4 is 12.0 Å². The minimum atomic E-state index is -1.06. The van der Waals surface area contributed by atoms with Crippen LogP contribution in [0.2, 0.25) is 0 Å². The molecule has 0 saturated carbocycles. The third-order valence-electron chi connectivity index (χ3n) is 4.21. The quantitative estimate of drug-likeness (QED) is 0.797. The number of β-amino-alcohol motifs (C(OH)–C–C–N with tert-alkyl or cyclic N) is 1. The van der Waals surface area contributed by atoms with E-state index in [2.05, 4.69) is 6.07 Å². The molecule has 0 unspecified atom stereocenters. The SMILES string of the molecule is O=C(O)[C@@H]1C[C@@H](O)CN1C(=O)N1CCc2ccccc2C1. The maximum atomic E-state index is 12.5. The Morgan fingerprint density at radius 3 is 2.62 bits per heavy atom. The molecular formula is C15H18N2O4. The number of hydrogen-bond donors (Lipinski definition) is 2. The van der Waals surface area contributed by atoms with Gasteiger partial charge in [0.2, 0.25) is 0 Å². The number of nitrogens with zero attached hydrogens (tertiary/aromatic N) is 2. The molecule has 2 aliphatic rings. The maximum Gasteiger partial charge on any atom is 0.326 e. The molecule has 1 aromatic carbocycles. The number of hydrogen-bond acceptors (Lipinski definition) is 3. The summed E-state index contributed by atoms with van der Waals surface area (Å²) in [5.41, 5.74) is 2.33. The molecule has 1 aromatic rings. The van der Waals surface area contributed by atoms with Crippen molar-refractivity contribution < 1.29 is 19.8 Å². The van der Waals surface area contributed by atoms with E-state index in [0.717, 1.165) is 12.0 Å². The second-order valence-corrected chi connectivity index (χ2v) is 5.62. The van der Waals surface area contributed by atoms with Gasteiger partial charge in [0, 0.05) is 26.1 Å². The van der Waals surface area contributed by atoms with Crippen molar-refractivity contribution in [2.75, 3.05) is 13.1 Å². The molecular weight excluding hydrogens is 272 g/mol. The molecule has 21 heavy (non-hydrogen) atoms. The summed E-state index contributed by atoms with van der Waals surface area (Å²) in [5.74, 6) is -1.06. The van der Waals surface area contributed by atoms with Crippen molar-refractivity contribution in [1.82, 2.24) is 9.80 Å². The highest BCUT2D eigenvalue weighted by atomic mass is 16.4. The molecule has 1 fully saturated rings. The first-order chi connectivity index (χ1) is 10.1. The van der Waals surface area contributed by atoms with Gasteiger partial charge >= 0.3 is 12.0 Å². The second-order valence-electron chi connectivity index (χ2n) is 5.62. The van der Waals surface area contributed by atoms with E-state index in [1.807, 2.05) is 18.2 Å². The predicted octanol–water partition coefficient (Wildman–Crippen LogP) is 0.684. The number of carbonyl (C=O) groups is 2. The van der Waals surface area contributed by atoms with Crippen molar-refractivity contribution in [3.05, 3.63) is 35.4 Å². The molecule has 0 spiro atoms. The summed E-state index contributed by atoms with van der Waals surface area (Å²) in [6.45, 7) is 1.16. The summed E-state index contributed by atoms with van der Waals surface area (Å²) >= 11 is 0. The van der Waals surface area contributed by atoms with Gasteiger partial charge in [-0.05, 0) is 17.5 Å². The van der Waals surface area contributed by atoms with Gasteiger partial charge in [0.05, 0.1) is 6.10 Å². The molecule has 112 valence electrons. The molecule has 2 heterocycles. The van der Waals surface area contributed by atoms with Crippen molar-refractivity contribution in [3.63, 3.8) is 0 Å². The van der Waals surface area contributed by atoms with Gasteiger partial charge in [-0.1, -0.05) is 24.3 Å². The molecule has 3 rings (SSSR count). The number of benzene rings is 1. The van der Waals surface area contributed by atoms with E-state index in [1.54, 1.807) is 4.90 Å². The number of urea groups is 1. The molecule has 0 aliphatic carbocycles. The van der Waals surface area contributed by atoms with Crippen LogP contribution in [-0.2, 0) is 17.8 Å². The summed E-state index contributed by atoms with van der Waals surface area (Å²) in [6.07, 6.45) is 0.119. The molecule has 1 saturated heterocycles. The van der Waals surface area contributed by atoms with E-state index >= 15 is 0 Å². The number of fused-ring (bicyclic) bond motifs is 1. The fourth-order valence-electron chi connectivity index (χ4n) is 3.10. The Morgan fingerprint density at radius 2 is 1.90 bits per heavy atom. The van der Waals surface area contributed by atoms with Crippen LogP contribution >= 0.6 is 0 Å². The van der Waals surface area contributed by atoms with E-state index in [-0.39, 0.29) is 19.0 Å². The molecule has 2 N–H and O–H groups in total. The molecule has 2 atom stereocenters. The van der Waals surface area contributed by atoms with Gasteiger partial charge < -0.3 is 20.0 Å². The van der Waals surface area contributed by atoms with Crippen LogP contribution in [0.3, 0.4) is 0 Å². The lowest BCUT2D eigenvalue weighted by molar-refractivity contribution is -0.141. The zero-order valence-corrected chi connectivity index (χ0v) is 11.6. The molecule has 6 nitrogen and oxygen atoms in total. The molecule has 0 radical (unpaired) electrons. The van der Waals surface area contributed by atoms with Crippen LogP contribution in [0, 0.1) is 0 Å². The lowest BCUT2D eigenvalue weighted by Crippen LogP contribution is -2.49. The van der Waals surface area contributed by atoms with Gasteiger partial charge in [0.15, 0.2) is 0 Å². The highest BCUT2D eigenvalue weighted by Crippen LogP contribution is 2.24. The number of carbonyl (C=O) groups excluding carboxylic acids is 1. The fourth-order valence-corrected chi connectivity index (χ4v) is 3.10. The number of rotatable bonds is 1. The highest BCUT2D eigenvalue weighted by Gasteiger charge is 2.41. The van der Waals surface area contributed by atoms with E-state index in [0.29, 0.717) is 13.1 Å². The summed E-state index contributed by atoms with van der Waals surface area (Å²) in [5, 5.41) is 18.8. The summed E-state index contributed by atoms with van der Waals surface area (Å²) in [4.78, 5) is 26.7. The van der Waals surface area contributed by atoms with Gasteiger partial charge in [-0.2, -0.15) is 0 Å². The maximum absolute atomic E-state index is 12.5. The predicted molar refractivity (Wildman–Crippen MR) is 74.7 cm³/mol. The third-order valence-corrected chi connectivity index (χ3v) is 4.21. The topological polar surface area (TPSA) is 81.1 Å². The van der Waals surface area contributed by atoms with Crippen molar-refractivity contribution in [2.24, 2.45) is 0 Å². The fraction of sp³-hybridized carbons (Fsp3) is 0.467. The largest absolute Gasteiger partial charge is 0.480 e. The standard InChI is InChI=1S/C15H18N2O4/c18-12-7-13(14(19)20)17(9-12)15(21)16-6-5-10-3-1-2-4-11(10)8-16/h1-4,12-13,18H,5-9H2,(H,19,20)/t12-,13+/m1/s1. The Kier molecular flexibility index (Phi) is 3.55. The van der Waals surface area contributed by atoms with Gasteiger partial charge in [0.1, 0.15) is 6.04 Å². The summed E-state index contributed by atoms with van der Waals surface area (Å²) < 4.78 is 0. The number of likely N-dealkylation sites (tertiary alicyclic amines) is 1. The Labute approximate surface area is 122 Å². The van der Waals surface area contributed by atoms with Crippen LogP contribution in [0.25, 0.3) is 0 Å². The first kappa shape index (κ1) is 13.9. The van der Waals surface area contributed by atoms with Crippen LogP contribution < -0.4 is 0 Å². The average molecular weight is 290 g/mol. The van der Waals surface area contributed by atoms with Crippen molar-refractivity contribution in [2.45, 2.75) is 31.5 Å². The molecule has 2 amide bonds. The first-order valence-corrected chi connectivity index (χ1v) is 7.09. The van der Waals surface area contributed by atoms with Crippen LogP contribution in [0.1, 0.15) is 17.5 Å². The lowest BCUT2D eigenvalue weighted by atomic mass is 10.0. The third kappa shape index (κ3) is 2.58. The number of amides is 2. The molecule has 6 heteroatoms. The Balaban J connectivity index is 1.76. The van der Waals surface area contributed by atoms with Gasteiger partial charge in [-0.25, -0.2) is 9.59 Å². The number of carboxylic acids is 1. The molecule has 0 aromatic heterocycles. The van der Waals surface area contributed by atoms with Crippen LogP contribution in [0.5, 0.6) is 0 Å². The Bertz CT molecular complexity index is 575. The Morgan fingerprint density at radius 1 is 1.19 bits per heavy atom. The number of carboxylic acid groups (broad SMARTS) is 1. The lowest BCUT2D eigenvalue weighted by Gasteiger charge is -2.33. The van der Waals surface area contributed by atoms with E-state index in [1.165, 1.54) is 10.5 Å². The second kappa shape index (κ2) is 5.37. The summed E-state index contributed by atoms with van der Waals surface area (Å²) in [6, 6.07) is 6.73. The van der Waals surface area contributed by atoms with E-state index in [4.69, 9.17) is 0 Å². The highest BCUT2D eigenvalue weighted by molar-refractivity contribution is 5.83. The minimum absolute atomic E-state index is 0.0912. The van der Waals surface area contributed by atoms with Crippen molar-refractivity contribution in [3.8, 4) is 0 Å². The average Bonchev–Trinajstić information content (AvgIpc) is 2.88. The van der Waals surface area contributed by atoms with Crippen LogP contribution in [-0.4, -0.2) is 57.2 Å². The zero-order valence-electron chi connectivity index (χ0n) is 11.6. The van der Waals surface area contributed by atoms with E-state index < -0.39 is 18.1 Å². The van der Waals surface area contributed by atoms with Crippen LogP contribution in [0.4, 0.5) is 4.79 Å². The number of aliphatic hydroxyl groups excluding tert-OH is 1. The molecule has 2 aliphatic heterocycles. The minimum Gasteiger partial charge on any atom is -0.480 e. The normalized spacial score (nSPS) is 24.8. The van der Waals surface area contributed by atoms with E-state index in [9.17, 15) is 19.8 Å². The first-order valence-electron chi connectivity index (χ1n) is 7.09. The zero-order chi connectivity index (χ0) is 15.0. The van der Waals surface area contributed by atoms with Crippen molar-refractivity contribution in [1.29, 1.82) is 0 Å². The smallest absolute Gasteiger partial charge is 0.326 e.